The molecule has 0 saturated carbocycles. The topological polar surface area (TPSA) is 119 Å². The second-order valence-corrected chi connectivity index (χ2v) is 15.5. The minimum absolute atomic E-state index is 0.216. The third-order valence-corrected chi connectivity index (χ3v) is 8.97. The van der Waals surface area contributed by atoms with E-state index in [0.29, 0.717) is 6.42 Å². The molecule has 0 bridgehead atoms. The maximum atomic E-state index is 12.3. The molecule has 46 heavy (non-hydrogen) atoms. The molecule has 0 unspecified atom stereocenters. The molecule has 0 spiro atoms. The Morgan fingerprint density at radius 1 is 0.500 bits per heavy atom. The minimum Gasteiger partial charge on any atom is -0.462 e. The van der Waals surface area contributed by atoms with Crippen molar-refractivity contribution in [3.05, 3.63) is 0 Å². The Morgan fingerprint density at radius 3 is 1.17 bits per heavy atom. The van der Waals surface area contributed by atoms with E-state index in [1.807, 2.05) is 0 Å². The summed E-state index contributed by atoms with van der Waals surface area (Å²) in [7, 11) is -4.74. The summed E-state index contributed by atoms with van der Waals surface area (Å²) in [6.45, 7) is 8.31. The van der Waals surface area contributed by atoms with Crippen molar-refractivity contribution in [3.8, 4) is 0 Å². The molecule has 0 amide bonds. The maximum Gasteiger partial charge on any atom is 0.469 e. The lowest BCUT2D eigenvalue weighted by atomic mass is 10.0. The summed E-state index contributed by atoms with van der Waals surface area (Å²) in [5, 5.41) is 0. The Balaban J connectivity index is 3.89. The van der Waals surface area contributed by atoms with E-state index in [-0.39, 0.29) is 19.4 Å². The molecule has 0 aliphatic rings. The van der Waals surface area contributed by atoms with Crippen LogP contribution >= 0.6 is 7.82 Å². The predicted octanol–water partition coefficient (Wildman–Crippen LogP) is 11.0. The predicted molar refractivity (Wildman–Crippen MR) is 189 cm³/mol. The quantitative estimate of drug-likeness (QED) is 0.0392. The fourth-order valence-electron chi connectivity index (χ4n) is 5.63. The zero-order chi connectivity index (χ0) is 34.3. The monoisotopic (exact) mass is 677 g/mol. The Kier molecular flexibility index (Phi) is 30.7. The van der Waals surface area contributed by atoms with Crippen LogP contribution in [0.1, 0.15) is 195 Å². The first-order chi connectivity index (χ1) is 22.0. The highest BCUT2D eigenvalue weighted by Gasteiger charge is 2.22. The fourth-order valence-corrected chi connectivity index (χ4v) is 5.99. The van der Waals surface area contributed by atoms with Crippen LogP contribution in [0, 0.1) is 11.8 Å². The third kappa shape index (κ3) is 35.9. The highest BCUT2D eigenvalue weighted by molar-refractivity contribution is 7.46. The molecule has 0 heterocycles. The van der Waals surface area contributed by atoms with Gasteiger partial charge in [0, 0.05) is 12.8 Å². The van der Waals surface area contributed by atoms with Crippen LogP contribution in [0.3, 0.4) is 0 Å². The number of carbonyl (C=O) groups is 2. The number of phosphoric acid groups is 1. The number of ether oxygens (including phenoxy) is 2. The lowest BCUT2D eigenvalue weighted by molar-refractivity contribution is -0.161. The van der Waals surface area contributed by atoms with Crippen LogP contribution in [0.4, 0.5) is 0 Å². The van der Waals surface area contributed by atoms with Gasteiger partial charge in [0.25, 0.3) is 0 Å². The van der Waals surface area contributed by atoms with E-state index < -0.39 is 32.5 Å². The standard InChI is InChI=1S/C37H73O8P/c1-33(2)27-23-19-15-11-9-7-5-6-8-10-12-17-21-25-29-36(38)43-31-35(32-44-46(40,41)42)45-37(39)30-26-22-18-14-13-16-20-24-28-34(3)4/h33-35H,5-32H2,1-4H3,(H2,40,41,42)/t35-/m1/s1. The van der Waals surface area contributed by atoms with Crippen molar-refractivity contribution in [1.29, 1.82) is 0 Å². The van der Waals surface area contributed by atoms with Crippen LogP contribution in [0.15, 0.2) is 0 Å². The van der Waals surface area contributed by atoms with E-state index in [0.717, 1.165) is 50.4 Å². The number of esters is 2. The fraction of sp³-hybridized carbons (Fsp3) is 0.946. The maximum absolute atomic E-state index is 12.3. The van der Waals surface area contributed by atoms with Gasteiger partial charge in [-0.3, -0.25) is 14.1 Å². The number of carbonyl (C=O) groups excluding carboxylic acids is 2. The summed E-state index contributed by atoms with van der Waals surface area (Å²) in [6, 6.07) is 0. The average Bonchev–Trinajstić information content (AvgIpc) is 2.98. The molecular formula is C37H73O8P. The van der Waals surface area contributed by atoms with Crippen molar-refractivity contribution < 1.29 is 37.9 Å². The molecule has 0 rings (SSSR count). The summed E-state index contributed by atoms with van der Waals surface area (Å²) < 4.78 is 26.3. The van der Waals surface area contributed by atoms with Crippen LogP contribution in [0.25, 0.3) is 0 Å². The number of phosphoric ester groups is 1. The Bertz CT molecular complexity index is 752. The largest absolute Gasteiger partial charge is 0.469 e. The van der Waals surface area contributed by atoms with E-state index in [1.54, 1.807) is 0 Å². The SMILES string of the molecule is CC(C)CCCCCCCCCCCCCCCCC(=O)OC[C@H](COP(=O)(O)O)OC(=O)CCCCCCCCCCC(C)C. The van der Waals surface area contributed by atoms with Gasteiger partial charge in [0.2, 0.25) is 0 Å². The van der Waals surface area contributed by atoms with Crippen molar-refractivity contribution in [2.24, 2.45) is 11.8 Å². The average molecular weight is 677 g/mol. The summed E-state index contributed by atoms with van der Waals surface area (Å²) >= 11 is 0. The first kappa shape index (κ1) is 45.0. The number of hydrogen-bond acceptors (Lipinski definition) is 6. The van der Waals surface area contributed by atoms with Crippen LogP contribution in [-0.2, 0) is 28.2 Å². The van der Waals surface area contributed by atoms with Crippen LogP contribution in [0.2, 0.25) is 0 Å². The van der Waals surface area contributed by atoms with E-state index >= 15 is 0 Å². The van der Waals surface area contributed by atoms with Crippen molar-refractivity contribution in [3.63, 3.8) is 0 Å². The van der Waals surface area contributed by atoms with Crippen molar-refractivity contribution >= 4 is 19.8 Å². The second-order valence-electron chi connectivity index (χ2n) is 14.2. The molecule has 0 saturated heterocycles. The van der Waals surface area contributed by atoms with Gasteiger partial charge in [0.15, 0.2) is 6.10 Å². The van der Waals surface area contributed by atoms with Gasteiger partial charge in [0.05, 0.1) is 6.61 Å². The van der Waals surface area contributed by atoms with E-state index in [1.165, 1.54) is 109 Å². The molecule has 0 aliphatic heterocycles. The minimum atomic E-state index is -4.74. The van der Waals surface area contributed by atoms with Crippen LogP contribution < -0.4 is 0 Å². The second kappa shape index (κ2) is 31.3. The molecule has 0 aromatic rings. The summed E-state index contributed by atoms with van der Waals surface area (Å²) in [4.78, 5) is 42.6. The Hall–Kier alpha value is -0.950. The van der Waals surface area contributed by atoms with Crippen LogP contribution in [-0.4, -0.2) is 41.0 Å². The molecule has 8 nitrogen and oxygen atoms in total. The number of rotatable bonds is 34. The molecule has 0 aromatic heterocycles. The first-order valence-electron chi connectivity index (χ1n) is 19.0. The Labute approximate surface area is 283 Å². The number of hydrogen-bond donors (Lipinski definition) is 2. The molecular weight excluding hydrogens is 603 g/mol. The van der Waals surface area contributed by atoms with Crippen molar-refractivity contribution in [2.45, 2.75) is 201 Å². The Morgan fingerprint density at radius 2 is 0.826 bits per heavy atom. The van der Waals surface area contributed by atoms with Crippen LogP contribution in [0.5, 0.6) is 0 Å². The zero-order valence-corrected chi connectivity index (χ0v) is 31.2. The van der Waals surface area contributed by atoms with Gasteiger partial charge in [-0.05, 0) is 24.7 Å². The van der Waals surface area contributed by atoms with E-state index in [9.17, 15) is 14.2 Å². The van der Waals surface area contributed by atoms with Gasteiger partial charge in [-0.2, -0.15) is 0 Å². The molecule has 1 atom stereocenters. The summed E-state index contributed by atoms with van der Waals surface area (Å²) in [6.07, 6.45) is 28.4. The van der Waals surface area contributed by atoms with Gasteiger partial charge >= 0.3 is 19.8 Å². The molecule has 0 aromatic carbocycles. The van der Waals surface area contributed by atoms with Gasteiger partial charge in [-0.1, -0.05) is 169 Å². The number of unbranched alkanes of at least 4 members (excludes halogenated alkanes) is 20. The van der Waals surface area contributed by atoms with Crippen molar-refractivity contribution in [1.82, 2.24) is 0 Å². The van der Waals surface area contributed by atoms with E-state index in [2.05, 4.69) is 32.2 Å². The van der Waals surface area contributed by atoms with E-state index in [4.69, 9.17) is 19.3 Å². The lowest BCUT2D eigenvalue weighted by Crippen LogP contribution is -2.29. The summed E-state index contributed by atoms with van der Waals surface area (Å²) in [5.41, 5.74) is 0. The highest BCUT2D eigenvalue weighted by Crippen LogP contribution is 2.36. The molecule has 0 aliphatic carbocycles. The van der Waals surface area contributed by atoms with Gasteiger partial charge < -0.3 is 19.3 Å². The third-order valence-electron chi connectivity index (χ3n) is 8.48. The highest BCUT2D eigenvalue weighted by atomic mass is 31.2. The molecule has 0 radical (unpaired) electrons. The molecule has 274 valence electrons. The smallest absolute Gasteiger partial charge is 0.462 e. The summed E-state index contributed by atoms with van der Waals surface area (Å²) in [5.74, 6) is 0.727. The molecule has 0 fully saturated rings. The molecule has 2 N–H and O–H groups in total. The van der Waals surface area contributed by atoms with Crippen molar-refractivity contribution in [2.75, 3.05) is 13.2 Å². The van der Waals surface area contributed by atoms with Gasteiger partial charge in [-0.25, -0.2) is 4.57 Å². The first-order valence-corrected chi connectivity index (χ1v) is 20.6. The van der Waals surface area contributed by atoms with Gasteiger partial charge in [0.1, 0.15) is 6.61 Å². The van der Waals surface area contributed by atoms with Gasteiger partial charge in [-0.15, -0.1) is 0 Å². The lowest BCUT2D eigenvalue weighted by Gasteiger charge is -2.18. The molecule has 9 heteroatoms. The normalized spacial score (nSPS) is 12.6. The zero-order valence-electron chi connectivity index (χ0n) is 30.3.